The van der Waals surface area contributed by atoms with E-state index in [2.05, 4.69) is 10.6 Å². The van der Waals surface area contributed by atoms with Crippen LogP contribution in [0.15, 0.2) is 24.3 Å². The van der Waals surface area contributed by atoms with Crippen LogP contribution < -0.4 is 10.6 Å². The van der Waals surface area contributed by atoms with Crippen molar-refractivity contribution in [2.75, 3.05) is 41.9 Å². The second kappa shape index (κ2) is 20.9. The summed E-state index contributed by atoms with van der Waals surface area (Å²) >= 11 is 0. The molecule has 300 valence electrons. The van der Waals surface area contributed by atoms with E-state index < -0.39 is 36.3 Å². The zero-order valence-electron chi connectivity index (χ0n) is 34.9. The Bertz CT molecular complexity index is 1360. The Balaban J connectivity index is 2.26. The summed E-state index contributed by atoms with van der Waals surface area (Å²) in [5.41, 5.74) is 1.49. The van der Waals surface area contributed by atoms with Crippen LogP contribution in [-0.2, 0) is 28.7 Å². The summed E-state index contributed by atoms with van der Waals surface area (Å²) in [6.45, 7) is 17.7. The van der Waals surface area contributed by atoms with E-state index in [4.69, 9.17) is 9.47 Å². The zero-order chi connectivity index (χ0) is 40.3. The number of Topliss-reactive ketones (excluding diaryl/α,β-unsaturated/α-hetero) is 1. The summed E-state index contributed by atoms with van der Waals surface area (Å²) in [5.74, 6) is -1.45. The van der Waals surface area contributed by atoms with Crippen LogP contribution in [0.1, 0.15) is 110 Å². The number of hydrogen-bond donors (Lipinski definition) is 2. The lowest BCUT2D eigenvalue weighted by Crippen LogP contribution is -2.59. The number of likely N-dealkylation sites (tertiary alicyclic amines) is 1. The Labute approximate surface area is 319 Å². The lowest BCUT2D eigenvalue weighted by atomic mass is 9.89. The lowest BCUT2D eigenvalue weighted by molar-refractivity contribution is -0.148. The van der Waals surface area contributed by atoms with E-state index in [-0.39, 0.29) is 65.7 Å². The molecule has 1 unspecified atom stereocenters. The highest BCUT2D eigenvalue weighted by Crippen LogP contribution is 2.30. The average molecular weight is 744 g/mol. The third-order valence-corrected chi connectivity index (χ3v) is 11.1. The molecular formula is C41H69N5O7. The Hall–Kier alpha value is -3.35. The van der Waals surface area contributed by atoms with Crippen LogP contribution in [0, 0.1) is 23.7 Å². The standard InChI is InChI=1S/C41H69N5O7/c1-15-26(6)37(45(12)41(51)35(24(2)3)43-40(50)36(25(4)5)44(10)11)33(52-13)23-34(48)46-22-16-17-32(46)38(53-14)27(7)39(49)42-28(8)30-18-20-31(21-19-30)29(9)47/h18-21,24-28,32-33,35-38H,15-17,22-23H2,1-14H3,(H,42,49)(H,43,50)/t26-,27+,28?,32-,33+,35-,36-,37-,38+/m0/s1. The number of ether oxygens (including phenoxy) is 2. The number of nitrogens with one attached hydrogen (secondary N) is 2. The molecule has 1 fully saturated rings. The molecule has 2 rings (SSSR count). The van der Waals surface area contributed by atoms with E-state index in [1.807, 2.05) is 91.4 Å². The molecule has 0 radical (unpaired) electrons. The van der Waals surface area contributed by atoms with Crippen LogP contribution in [0.2, 0.25) is 0 Å². The fourth-order valence-electron chi connectivity index (χ4n) is 7.85. The van der Waals surface area contributed by atoms with Gasteiger partial charge in [0.25, 0.3) is 0 Å². The predicted octanol–water partition coefficient (Wildman–Crippen LogP) is 4.71. The first kappa shape index (κ1) is 45.8. The quantitative estimate of drug-likeness (QED) is 0.183. The normalized spacial score (nSPS) is 19.3. The molecule has 53 heavy (non-hydrogen) atoms. The van der Waals surface area contributed by atoms with Crippen LogP contribution in [0.5, 0.6) is 0 Å². The number of ketones is 1. The molecule has 9 atom stereocenters. The molecule has 0 bridgehead atoms. The third kappa shape index (κ3) is 11.8. The average Bonchev–Trinajstić information content (AvgIpc) is 3.59. The van der Waals surface area contributed by atoms with Crippen LogP contribution in [0.3, 0.4) is 0 Å². The molecule has 4 amide bonds. The summed E-state index contributed by atoms with van der Waals surface area (Å²) in [4.78, 5) is 72.4. The minimum Gasteiger partial charge on any atom is -0.379 e. The van der Waals surface area contributed by atoms with Gasteiger partial charge in [-0.2, -0.15) is 0 Å². The number of amides is 4. The Kier molecular flexibility index (Phi) is 18.1. The highest BCUT2D eigenvalue weighted by atomic mass is 16.5. The van der Waals surface area contributed by atoms with Crippen molar-refractivity contribution in [3.05, 3.63) is 35.4 Å². The van der Waals surface area contributed by atoms with Crippen molar-refractivity contribution in [3.8, 4) is 0 Å². The highest BCUT2D eigenvalue weighted by Gasteiger charge is 2.43. The van der Waals surface area contributed by atoms with Gasteiger partial charge >= 0.3 is 0 Å². The van der Waals surface area contributed by atoms with Crippen LogP contribution in [-0.4, -0.2) is 122 Å². The molecular weight excluding hydrogens is 674 g/mol. The molecule has 1 saturated heterocycles. The number of benzene rings is 1. The molecule has 0 aliphatic carbocycles. The minimum atomic E-state index is -0.755. The van der Waals surface area contributed by atoms with Gasteiger partial charge < -0.3 is 29.9 Å². The predicted molar refractivity (Wildman–Crippen MR) is 208 cm³/mol. The van der Waals surface area contributed by atoms with Crippen LogP contribution >= 0.6 is 0 Å². The molecule has 2 N–H and O–H groups in total. The molecule has 12 heteroatoms. The van der Waals surface area contributed by atoms with Crippen LogP contribution in [0.4, 0.5) is 0 Å². The first-order valence-electron chi connectivity index (χ1n) is 19.3. The maximum atomic E-state index is 14.2. The first-order chi connectivity index (χ1) is 24.8. The number of hydrogen-bond acceptors (Lipinski definition) is 8. The summed E-state index contributed by atoms with van der Waals surface area (Å²) < 4.78 is 12.0. The van der Waals surface area contributed by atoms with Gasteiger partial charge in [-0.15, -0.1) is 0 Å². The summed E-state index contributed by atoms with van der Waals surface area (Å²) in [6, 6.07) is 4.99. The molecule has 1 aromatic rings. The van der Waals surface area contributed by atoms with Gasteiger partial charge in [0, 0.05) is 33.4 Å². The van der Waals surface area contributed by atoms with Gasteiger partial charge in [-0.25, -0.2) is 0 Å². The van der Waals surface area contributed by atoms with Gasteiger partial charge in [-0.1, -0.05) is 79.2 Å². The lowest BCUT2D eigenvalue weighted by Gasteiger charge is -2.41. The maximum absolute atomic E-state index is 14.2. The first-order valence-corrected chi connectivity index (χ1v) is 19.3. The monoisotopic (exact) mass is 744 g/mol. The number of methoxy groups -OCH3 is 2. The van der Waals surface area contributed by atoms with Gasteiger partial charge in [0.2, 0.25) is 23.6 Å². The van der Waals surface area contributed by atoms with Gasteiger partial charge in [0.1, 0.15) is 6.04 Å². The zero-order valence-corrected chi connectivity index (χ0v) is 34.9. The van der Waals surface area contributed by atoms with Crippen molar-refractivity contribution in [3.63, 3.8) is 0 Å². The summed E-state index contributed by atoms with van der Waals surface area (Å²) in [5, 5.41) is 6.12. The van der Waals surface area contributed by atoms with E-state index in [0.717, 1.165) is 18.4 Å². The summed E-state index contributed by atoms with van der Waals surface area (Å²) in [7, 11) is 8.59. The van der Waals surface area contributed by atoms with E-state index >= 15 is 0 Å². The van der Waals surface area contributed by atoms with Gasteiger partial charge in [0.05, 0.1) is 48.7 Å². The molecule has 1 heterocycles. The number of carbonyl (C=O) groups excluding carboxylic acids is 5. The van der Waals surface area contributed by atoms with E-state index in [0.29, 0.717) is 18.5 Å². The fraction of sp³-hybridized carbons (Fsp3) is 0.732. The van der Waals surface area contributed by atoms with Crippen molar-refractivity contribution in [2.45, 2.75) is 130 Å². The molecule has 1 aliphatic rings. The topological polar surface area (TPSA) is 138 Å². The van der Waals surface area contributed by atoms with E-state index in [1.54, 1.807) is 38.3 Å². The van der Waals surface area contributed by atoms with Crippen molar-refractivity contribution >= 4 is 29.4 Å². The minimum absolute atomic E-state index is 0.0131. The van der Waals surface area contributed by atoms with E-state index in [1.165, 1.54) is 6.92 Å². The van der Waals surface area contributed by atoms with Gasteiger partial charge in [-0.3, -0.25) is 28.9 Å². The Morgan fingerprint density at radius 3 is 1.94 bits per heavy atom. The molecule has 0 spiro atoms. The molecule has 0 aromatic heterocycles. The smallest absolute Gasteiger partial charge is 0.245 e. The number of likely N-dealkylation sites (N-methyl/N-ethyl adjacent to an activating group) is 2. The van der Waals surface area contributed by atoms with Gasteiger partial charge in [-0.05, 0) is 64.1 Å². The maximum Gasteiger partial charge on any atom is 0.245 e. The Morgan fingerprint density at radius 2 is 1.47 bits per heavy atom. The van der Waals surface area contributed by atoms with Gasteiger partial charge in [0.15, 0.2) is 5.78 Å². The molecule has 12 nitrogen and oxygen atoms in total. The number of rotatable bonds is 20. The van der Waals surface area contributed by atoms with Crippen molar-refractivity contribution in [1.29, 1.82) is 0 Å². The van der Waals surface area contributed by atoms with Crippen molar-refractivity contribution in [2.24, 2.45) is 23.7 Å². The number of carbonyl (C=O) groups is 5. The fourth-order valence-corrected chi connectivity index (χ4v) is 7.85. The number of nitrogens with zero attached hydrogens (tertiary/aromatic N) is 3. The summed E-state index contributed by atoms with van der Waals surface area (Å²) in [6.07, 6.45) is 1.09. The van der Waals surface area contributed by atoms with Crippen molar-refractivity contribution < 1.29 is 33.4 Å². The molecule has 1 aliphatic heterocycles. The van der Waals surface area contributed by atoms with Crippen molar-refractivity contribution in [1.82, 2.24) is 25.3 Å². The second-order valence-corrected chi connectivity index (χ2v) is 15.9. The third-order valence-electron chi connectivity index (χ3n) is 11.1. The largest absolute Gasteiger partial charge is 0.379 e. The van der Waals surface area contributed by atoms with E-state index in [9.17, 15) is 24.0 Å². The molecule has 0 saturated carbocycles. The molecule has 1 aromatic carbocycles. The second-order valence-electron chi connectivity index (χ2n) is 15.9. The Morgan fingerprint density at radius 1 is 0.868 bits per heavy atom. The van der Waals surface area contributed by atoms with Crippen LogP contribution in [0.25, 0.3) is 0 Å². The highest BCUT2D eigenvalue weighted by molar-refractivity contribution is 5.94. The SMILES string of the molecule is CC[C@H](C)[C@@H]([C@@H](CC(=O)N1CCC[C@H]1[C@H](OC)[C@@H](C)C(=O)NC(C)c1ccc(C(C)=O)cc1)OC)N(C)C(=O)[C@@H](NC(=O)[C@H](C(C)C)N(C)C)C(C)C.